The third-order valence-electron chi connectivity index (χ3n) is 5.08. The van der Waals surface area contributed by atoms with Crippen molar-refractivity contribution >= 4 is 34.5 Å². The van der Waals surface area contributed by atoms with E-state index >= 15 is 0 Å². The van der Waals surface area contributed by atoms with E-state index in [1.54, 1.807) is 0 Å². The fraction of sp³-hybridized carbons (Fsp3) is 0.476. The first-order valence-corrected chi connectivity index (χ1v) is 10.4. The van der Waals surface area contributed by atoms with Crippen LogP contribution in [0.2, 0.25) is 0 Å². The van der Waals surface area contributed by atoms with Crippen LogP contribution in [0.25, 0.3) is 10.9 Å². The zero-order valence-electron chi connectivity index (χ0n) is 16.1. The van der Waals surface area contributed by atoms with E-state index < -0.39 is 5.97 Å². The zero-order valence-corrected chi connectivity index (χ0v) is 16.9. The lowest BCUT2D eigenvalue weighted by molar-refractivity contribution is -0.153. The minimum Gasteiger partial charge on any atom is -0.455 e. The number of piperidine rings is 1. The van der Waals surface area contributed by atoms with E-state index in [9.17, 15) is 9.59 Å². The molecule has 1 aliphatic heterocycles. The Balaban J connectivity index is 1.52. The van der Waals surface area contributed by atoms with Crippen molar-refractivity contribution in [3.8, 4) is 0 Å². The number of carbonyl (C=O) groups is 2. The van der Waals surface area contributed by atoms with Gasteiger partial charge in [-0.05, 0) is 57.7 Å². The molecule has 0 bridgehead atoms. The zero-order chi connectivity index (χ0) is 19.4. The number of nitrogens with zero attached hydrogens (tertiary/aromatic N) is 2. The molecule has 1 aliphatic rings. The highest BCUT2D eigenvalue weighted by Crippen LogP contribution is 2.24. The topological polar surface area (TPSA) is 59.5 Å². The van der Waals surface area contributed by atoms with E-state index in [4.69, 9.17) is 4.74 Å². The van der Waals surface area contributed by atoms with Crippen molar-refractivity contribution in [1.82, 2.24) is 9.88 Å². The Morgan fingerprint density at radius 3 is 2.67 bits per heavy atom. The van der Waals surface area contributed by atoms with Crippen molar-refractivity contribution in [2.24, 2.45) is 0 Å². The Bertz CT molecular complexity index is 829. The number of benzene rings is 1. The molecule has 0 radical (unpaired) electrons. The molecule has 6 heteroatoms. The predicted molar refractivity (Wildman–Crippen MR) is 108 cm³/mol. The van der Waals surface area contributed by atoms with Gasteiger partial charge in [0.2, 0.25) is 0 Å². The Morgan fingerprint density at radius 2 is 1.93 bits per heavy atom. The first-order chi connectivity index (χ1) is 13.0. The van der Waals surface area contributed by atoms with Crippen molar-refractivity contribution in [2.75, 3.05) is 12.4 Å². The van der Waals surface area contributed by atoms with E-state index in [0.29, 0.717) is 0 Å². The molecule has 2 atom stereocenters. The van der Waals surface area contributed by atoms with E-state index in [1.807, 2.05) is 42.2 Å². The summed E-state index contributed by atoms with van der Waals surface area (Å²) in [5.74, 6) is -0.352. The van der Waals surface area contributed by atoms with E-state index in [2.05, 4.69) is 18.8 Å². The molecule has 1 amide bonds. The second-order valence-corrected chi connectivity index (χ2v) is 8.17. The van der Waals surface area contributed by atoms with E-state index in [0.717, 1.165) is 40.8 Å². The van der Waals surface area contributed by atoms with Gasteiger partial charge in [-0.1, -0.05) is 30.0 Å². The number of amides is 1. The Morgan fingerprint density at radius 1 is 1.22 bits per heavy atom. The van der Waals surface area contributed by atoms with Crippen LogP contribution in [0.15, 0.2) is 35.4 Å². The molecular formula is C21H26N2O3S. The fourth-order valence-electron chi connectivity index (χ4n) is 3.70. The number of aryl methyl sites for hydroxylation is 1. The largest absolute Gasteiger partial charge is 0.455 e. The number of aromatic nitrogens is 1. The van der Waals surface area contributed by atoms with Crippen molar-refractivity contribution < 1.29 is 14.3 Å². The van der Waals surface area contributed by atoms with Crippen molar-refractivity contribution in [3.05, 3.63) is 35.9 Å². The summed E-state index contributed by atoms with van der Waals surface area (Å²) in [5, 5.41) is 1.90. The number of thioether (sulfide) groups is 1. The van der Waals surface area contributed by atoms with Gasteiger partial charge in [0.25, 0.3) is 5.91 Å². The SMILES string of the molecule is Cc1cc(SCC(=O)OCC(=O)N2[C@@H](C)CCC[C@@H]2C)nc2ccccc12. The second kappa shape index (κ2) is 8.74. The maximum absolute atomic E-state index is 12.4. The van der Waals surface area contributed by atoms with Crippen LogP contribution < -0.4 is 0 Å². The molecule has 144 valence electrons. The molecule has 1 aromatic heterocycles. The van der Waals surface area contributed by atoms with Gasteiger partial charge in [-0.2, -0.15) is 0 Å². The molecular weight excluding hydrogens is 360 g/mol. The van der Waals surface area contributed by atoms with Gasteiger partial charge in [-0.3, -0.25) is 9.59 Å². The van der Waals surface area contributed by atoms with Crippen LogP contribution in [0.1, 0.15) is 38.7 Å². The van der Waals surface area contributed by atoms with Crippen LogP contribution in [0.3, 0.4) is 0 Å². The van der Waals surface area contributed by atoms with Gasteiger partial charge in [0, 0.05) is 17.5 Å². The summed E-state index contributed by atoms with van der Waals surface area (Å²) >= 11 is 1.34. The quantitative estimate of drug-likeness (QED) is 0.575. The summed E-state index contributed by atoms with van der Waals surface area (Å²) in [6, 6.07) is 10.3. The minimum absolute atomic E-state index is 0.104. The van der Waals surface area contributed by atoms with Crippen LogP contribution >= 0.6 is 11.8 Å². The average Bonchev–Trinajstić information content (AvgIpc) is 2.64. The van der Waals surface area contributed by atoms with E-state index in [1.165, 1.54) is 11.8 Å². The normalized spacial score (nSPS) is 19.9. The lowest BCUT2D eigenvalue weighted by Gasteiger charge is -2.38. The van der Waals surface area contributed by atoms with Gasteiger partial charge in [0.05, 0.1) is 16.3 Å². The third-order valence-corrected chi connectivity index (χ3v) is 5.96. The highest BCUT2D eigenvalue weighted by atomic mass is 32.2. The van der Waals surface area contributed by atoms with Crippen molar-refractivity contribution in [2.45, 2.75) is 57.1 Å². The molecule has 2 aromatic rings. The van der Waals surface area contributed by atoms with Gasteiger partial charge in [0.15, 0.2) is 6.61 Å². The number of likely N-dealkylation sites (tertiary alicyclic amines) is 1. The Hall–Kier alpha value is -2.08. The lowest BCUT2D eigenvalue weighted by atomic mass is 9.97. The molecule has 1 saturated heterocycles. The number of carbonyl (C=O) groups excluding carboxylic acids is 2. The standard InChI is InChI=1S/C21H26N2O3S/c1-14-11-19(22-18-10-5-4-9-17(14)18)27-13-21(25)26-12-20(24)23-15(2)7-6-8-16(23)3/h4-5,9-11,15-16H,6-8,12-13H2,1-3H3/t15-,16-/m0/s1. The lowest BCUT2D eigenvalue weighted by Crippen LogP contribution is -2.49. The smallest absolute Gasteiger partial charge is 0.316 e. The third kappa shape index (κ3) is 4.80. The first kappa shape index (κ1) is 19.7. The maximum Gasteiger partial charge on any atom is 0.316 e. The summed E-state index contributed by atoms with van der Waals surface area (Å²) < 4.78 is 5.21. The predicted octanol–water partition coefficient (Wildman–Crippen LogP) is 3.97. The summed E-state index contributed by atoms with van der Waals surface area (Å²) in [4.78, 5) is 30.9. The van der Waals surface area contributed by atoms with Crippen molar-refractivity contribution in [3.63, 3.8) is 0 Å². The average molecular weight is 387 g/mol. The maximum atomic E-state index is 12.4. The van der Waals surface area contributed by atoms with Crippen molar-refractivity contribution in [1.29, 1.82) is 0 Å². The highest BCUT2D eigenvalue weighted by molar-refractivity contribution is 7.99. The van der Waals surface area contributed by atoms with Gasteiger partial charge in [-0.15, -0.1) is 0 Å². The van der Waals surface area contributed by atoms with Crippen LogP contribution in [0.4, 0.5) is 0 Å². The number of ether oxygens (including phenoxy) is 1. The highest BCUT2D eigenvalue weighted by Gasteiger charge is 2.29. The first-order valence-electron chi connectivity index (χ1n) is 9.41. The van der Waals surface area contributed by atoms with E-state index in [-0.39, 0.29) is 30.4 Å². The molecule has 0 aliphatic carbocycles. The molecule has 1 aromatic carbocycles. The summed E-state index contributed by atoms with van der Waals surface area (Å²) in [7, 11) is 0. The number of para-hydroxylation sites is 1. The Labute approximate surface area is 164 Å². The number of rotatable bonds is 5. The molecule has 0 saturated carbocycles. The van der Waals surface area contributed by atoms with Crippen LogP contribution in [-0.2, 0) is 14.3 Å². The van der Waals surface area contributed by atoms with Crippen LogP contribution in [-0.4, -0.2) is 46.2 Å². The second-order valence-electron chi connectivity index (χ2n) is 7.17. The number of pyridine rings is 1. The Kier molecular flexibility index (Phi) is 6.37. The molecule has 0 spiro atoms. The van der Waals surface area contributed by atoms with Crippen LogP contribution in [0, 0.1) is 6.92 Å². The van der Waals surface area contributed by atoms with Crippen LogP contribution in [0.5, 0.6) is 0 Å². The minimum atomic E-state index is -0.390. The van der Waals surface area contributed by atoms with Gasteiger partial charge >= 0.3 is 5.97 Å². The molecule has 0 N–H and O–H groups in total. The fourth-order valence-corrected chi connectivity index (χ4v) is 4.47. The number of esters is 1. The molecule has 2 heterocycles. The van der Waals surface area contributed by atoms with Gasteiger partial charge in [0.1, 0.15) is 0 Å². The summed E-state index contributed by atoms with van der Waals surface area (Å²) in [6.07, 6.45) is 3.15. The monoisotopic (exact) mass is 386 g/mol. The number of hydrogen-bond acceptors (Lipinski definition) is 5. The van der Waals surface area contributed by atoms with Gasteiger partial charge in [-0.25, -0.2) is 4.98 Å². The molecule has 3 rings (SSSR count). The molecule has 0 unspecified atom stereocenters. The molecule has 27 heavy (non-hydrogen) atoms. The molecule has 5 nitrogen and oxygen atoms in total. The summed E-state index contributed by atoms with van der Waals surface area (Å²) in [6.45, 7) is 5.96. The van der Waals surface area contributed by atoms with Gasteiger partial charge < -0.3 is 9.64 Å². The number of fused-ring (bicyclic) bond motifs is 1. The summed E-state index contributed by atoms with van der Waals surface area (Å²) in [5.41, 5.74) is 2.04. The number of hydrogen-bond donors (Lipinski definition) is 0. The molecule has 1 fully saturated rings.